The molecule has 0 spiro atoms. The van der Waals surface area contributed by atoms with Crippen LogP contribution in [0.3, 0.4) is 0 Å². The number of rotatable bonds is 6. The molecule has 21 heavy (non-hydrogen) atoms. The summed E-state index contributed by atoms with van der Waals surface area (Å²) in [6.45, 7) is 6.38. The Morgan fingerprint density at radius 3 is 2.67 bits per heavy atom. The molecule has 0 amide bonds. The van der Waals surface area contributed by atoms with E-state index in [0.29, 0.717) is 6.04 Å². The zero-order valence-electron chi connectivity index (χ0n) is 13.5. The van der Waals surface area contributed by atoms with Gasteiger partial charge >= 0.3 is 0 Å². The zero-order valence-corrected chi connectivity index (χ0v) is 14.3. The average Bonchev–Trinajstić information content (AvgIpc) is 2.48. The second kappa shape index (κ2) is 8.00. The van der Waals surface area contributed by atoms with Crippen LogP contribution in [-0.2, 0) is 6.54 Å². The van der Waals surface area contributed by atoms with Gasteiger partial charge < -0.3 is 10.2 Å². The van der Waals surface area contributed by atoms with Crippen LogP contribution in [0.2, 0.25) is 5.02 Å². The molecule has 1 fully saturated rings. The monoisotopic (exact) mass is 309 g/mol. The van der Waals surface area contributed by atoms with Crippen molar-refractivity contribution < 1.29 is 0 Å². The second-order valence-electron chi connectivity index (χ2n) is 6.35. The van der Waals surface area contributed by atoms with E-state index in [2.05, 4.69) is 42.2 Å². The van der Waals surface area contributed by atoms with Crippen molar-refractivity contribution in [1.29, 1.82) is 0 Å². The molecule has 0 aromatic carbocycles. The quantitative estimate of drug-likeness (QED) is 0.796. The summed E-state index contributed by atoms with van der Waals surface area (Å²) in [6.07, 6.45) is 8.20. The maximum Gasteiger partial charge on any atom is 0.147 e. The Labute approximate surface area is 134 Å². The highest BCUT2D eigenvalue weighted by Gasteiger charge is 2.23. The summed E-state index contributed by atoms with van der Waals surface area (Å²) >= 11 is 6.45. The molecule has 118 valence electrons. The maximum absolute atomic E-state index is 6.45. The normalized spacial score (nSPS) is 22.3. The van der Waals surface area contributed by atoms with Gasteiger partial charge in [0.1, 0.15) is 5.82 Å². The average molecular weight is 310 g/mol. The summed E-state index contributed by atoms with van der Waals surface area (Å²) in [5, 5.41) is 4.15. The highest BCUT2D eigenvalue weighted by atomic mass is 35.5. The molecule has 0 atom stereocenters. The predicted octanol–water partition coefficient (Wildman–Crippen LogP) is 4.25. The Morgan fingerprint density at radius 2 is 2.05 bits per heavy atom. The van der Waals surface area contributed by atoms with E-state index >= 15 is 0 Å². The molecule has 1 aromatic rings. The van der Waals surface area contributed by atoms with Crippen LogP contribution in [0.4, 0.5) is 5.82 Å². The largest absolute Gasteiger partial charge is 0.355 e. The first-order valence-electron chi connectivity index (χ1n) is 8.19. The minimum absolute atomic E-state index is 0.579. The summed E-state index contributed by atoms with van der Waals surface area (Å²) in [5.74, 6) is 1.79. The molecule has 0 unspecified atom stereocenters. The van der Waals surface area contributed by atoms with Crippen LogP contribution in [0, 0.1) is 5.92 Å². The van der Waals surface area contributed by atoms with E-state index in [0.717, 1.165) is 41.8 Å². The van der Waals surface area contributed by atoms with Gasteiger partial charge in [-0.2, -0.15) is 0 Å². The van der Waals surface area contributed by atoms with Gasteiger partial charge in [0.25, 0.3) is 0 Å². The molecule has 1 heterocycles. The molecule has 1 aliphatic carbocycles. The molecule has 0 bridgehead atoms. The van der Waals surface area contributed by atoms with Crippen molar-refractivity contribution >= 4 is 17.4 Å². The number of hydrogen-bond acceptors (Lipinski definition) is 3. The van der Waals surface area contributed by atoms with Crippen molar-refractivity contribution in [3.63, 3.8) is 0 Å². The van der Waals surface area contributed by atoms with Gasteiger partial charge in [0.05, 0.1) is 5.02 Å². The summed E-state index contributed by atoms with van der Waals surface area (Å²) < 4.78 is 0. The predicted molar refractivity (Wildman–Crippen MR) is 91.1 cm³/mol. The zero-order chi connectivity index (χ0) is 15.2. The summed E-state index contributed by atoms with van der Waals surface area (Å²) in [4.78, 5) is 6.88. The van der Waals surface area contributed by atoms with Crippen molar-refractivity contribution in [1.82, 2.24) is 10.3 Å². The molecule has 0 saturated heterocycles. The van der Waals surface area contributed by atoms with Gasteiger partial charge in [-0.3, -0.25) is 0 Å². The van der Waals surface area contributed by atoms with Crippen LogP contribution >= 0.6 is 11.6 Å². The van der Waals surface area contributed by atoms with E-state index < -0.39 is 0 Å². The first kappa shape index (κ1) is 16.6. The molecule has 0 aliphatic heterocycles. The lowest BCUT2D eigenvalue weighted by Gasteiger charge is -2.34. The third kappa shape index (κ3) is 4.58. The maximum atomic E-state index is 6.45. The van der Waals surface area contributed by atoms with Gasteiger partial charge in [-0.25, -0.2) is 4.98 Å². The van der Waals surface area contributed by atoms with Gasteiger partial charge in [-0.05, 0) is 56.2 Å². The Balaban J connectivity index is 1.99. The van der Waals surface area contributed by atoms with Crippen LogP contribution in [-0.4, -0.2) is 24.6 Å². The second-order valence-corrected chi connectivity index (χ2v) is 6.76. The van der Waals surface area contributed by atoms with Crippen molar-refractivity contribution in [2.75, 3.05) is 18.5 Å². The molecule has 0 radical (unpaired) electrons. The topological polar surface area (TPSA) is 28.2 Å². The third-order valence-electron chi connectivity index (χ3n) is 4.50. The van der Waals surface area contributed by atoms with Crippen LogP contribution in [0.1, 0.15) is 51.5 Å². The highest BCUT2D eigenvalue weighted by Crippen LogP contribution is 2.31. The lowest BCUT2D eigenvalue weighted by Crippen LogP contribution is -2.35. The van der Waals surface area contributed by atoms with Crippen molar-refractivity contribution in [3.05, 3.63) is 22.8 Å². The Kier molecular flexibility index (Phi) is 6.31. The summed E-state index contributed by atoms with van der Waals surface area (Å²) in [6, 6.07) is 2.63. The van der Waals surface area contributed by atoms with Gasteiger partial charge in [-0.1, -0.05) is 25.4 Å². The lowest BCUT2D eigenvalue weighted by molar-refractivity contribution is 0.340. The van der Waals surface area contributed by atoms with Crippen molar-refractivity contribution in [2.45, 2.75) is 58.5 Å². The standard InChI is InChI=1S/C17H28ClN3/c1-4-9-19-11-14-10-16(18)17(20-12-14)21(3)15-7-5-13(2)6-8-15/h10,12-13,15,19H,4-9,11H2,1-3H3. The van der Waals surface area contributed by atoms with Crippen LogP contribution in [0.15, 0.2) is 12.3 Å². The molecular weight excluding hydrogens is 282 g/mol. The van der Waals surface area contributed by atoms with E-state index in [9.17, 15) is 0 Å². The molecule has 1 aromatic heterocycles. The summed E-state index contributed by atoms with van der Waals surface area (Å²) in [5.41, 5.74) is 1.16. The third-order valence-corrected chi connectivity index (χ3v) is 4.78. The minimum atomic E-state index is 0.579. The Bertz CT molecular complexity index is 442. The van der Waals surface area contributed by atoms with Crippen LogP contribution in [0.25, 0.3) is 0 Å². The molecule has 1 N–H and O–H groups in total. The highest BCUT2D eigenvalue weighted by molar-refractivity contribution is 6.33. The number of hydrogen-bond donors (Lipinski definition) is 1. The number of nitrogens with one attached hydrogen (secondary N) is 1. The van der Waals surface area contributed by atoms with Crippen LogP contribution < -0.4 is 10.2 Å². The molecule has 1 aliphatic rings. The Morgan fingerprint density at radius 1 is 1.33 bits per heavy atom. The smallest absolute Gasteiger partial charge is 0.147 e. The SMILES string of the molecule is CCCNCc1cnc(N(C)C2CCC(C)CC2)c(Cl)c1. The summed E-state index contributed by atoms with van der Waals surface area (Å²) in [7, 11) is 2.13. The van der Waals surface area contributed by atoms with E-state index in [1.54, 1.807) is 0 Å². The van der Waals surface area contributed by atoms with Gasteiger partial charge in [0.2, 0.25) is 0 Å². The number of nitrogens with zero attached hydrogens (tertiary/aromatic N) is 2. The van der Waals surface area contributed by atoms with Crippen LogP contribution in [0.5, 0.6) is 0 Å². The number of aromatic nitrogens is 1. The van der Waals surface area contributed by atoms with E-state index in [-0.39, 0.29) is 0 Å². The van der Waals surface area contributed by atoms with Crippen molar-refractivity contribution in [2.24, 2.45) is 5.92 Å². The molecule has 2 rings (SSSR count). The van der Waals surface area contributed by atoms with E-state index in [1.807, 2.05) is 6.20 Å². The van der Waals surface area contributed by atoms with Gasteiger partial charge in [0.15, 0.2) is 0 Å². The first-order chi connectivity index (χ1) is 10.1. The molecule has 4 heteroatoms. The minimum Gasteiger partial charge on any atom is -0.355 e. The molecule has 1 saturated carbocycles. The van der Waals surface area contributed by atoms with E-state index in [1.165, 1.54) is 25.7 Å². The fourth-order valence-electron chi connectivity index (χ4n) is 3.04. The molecular formula is C17H28ClN3. The first-order valence-corrected chi connectivity index (χ1v) is 8.57. The van der Waals surface area contributed by atoms with Crippen molar-refractivity contribution in [3.8, 4) is 0 Å². The fourth-order valence-corrected chi connectivity index (χ4v) is 3.36. The van der Waals surface area contributed by atoms with Gasteiger partial charge in [-0.15, -0.1) is 0 Å². The number of pyridine rings is 1. The number of anilines is 1. The van der Waals surface area contributed by atoms with E-state index in [4.69, 9.17) is 11.6 Å². The van der Waals surface area contributed by atoms with Gasteiger partial charge in [0, 0.05) is 25.8 Å². The number of halogens is 1. The molecule has 3 nitrogen and oxygen atoms in total. The lowest BCUT2D eigenvalue weighted by atomic mass is 9.87. The Hall–Kier alpha value is -0.800. The fraction of sp³-hybridized carbons (Fsp3) is 0.706.